The molecule has 1 heterocycles. The second-order valence-corrected chi connectivity index (χ2v) is 6.31. The molecule has 0 aromatic heterocycles. The molecule has 3 aromatic rings. The molecule has 4 rings (SSSR count). The van der Waals surface area contributed by atoms with Gasteiger partial charge in [0.1, 0.15) is 5.60 Å². The van der Waals surface area contributed by atoms with Crippen molar-refractivity contribution in [3.63, 3.8) is 0 Å². The van der Waals surface area contributed by atoms with Crippen LogP contribution < -0.4 is 0 Å². The topological polar surface area (TPSA) is 9.23 Å². The number of hydrogen-bond acceptors (Lipinski definition) is 1. The van der Waals surface area contributed by atoms with Crippen molar-refractivity contribution in [2.75, 3.05) is 0 Å². The van der Waals surface area contributed by atoms with Crippen molar-refractivity contribution in [2.45, 2.75) is 38.4 Å². The van der Waals surface area contributed by atoms with Crippen LogP contribution in [0.4, 0.5) is 0 Å². The summed E-state index contributed by atoms with van der Waals surface area (Å²) in [6.45, 7) is 4.44. The van der Waals surface area contributed by atoms with Gasteiger partial charge in [0.15, 0.2) is 0 Å². The molecule has 3 aromatic carbocycles. The molecule has 0 amide bonds. The fourth-order valence-corrected chi connectivity index (χ4v) is 4.06. The van der Waals surface area contributed by atoms with Gasteiger partial charge in [-0.3, -0.25) is 0 Å². The lowest BCUT2D eigenvalue weighted by Gasteiger charge is -2.42. The summed E-state index contributed by atoms with van der Waals surface area (Å²) in [5.41, 5.74) is 3.54. The lowest BCUT2D eigenvalue weighted by Crippen LogP contribution is -2.35. The molecule has 1 aliphatic rings. The monoisotopic (exact) mass is 302 g/mol. The molecule has 0 saturated heterocycles. The highest BCUT2D eigenvalue weighted by atomic mass is 16.5. The fourth-order valence-electron chi connectivity index (χ4n) is 4.06. The van der Waals surface area contributed by atoms with Crippen LogP contribution in [0.5, 0.6) is 0 Å². The highest BCUT2D eigenvalue weighted by Crippen LogP contribution is 2.50. The Balaban J connectivity index is 2.09. The Bertz CT molecular complexity index is 832. The van der Waals surface area contributed by atoms with Crippen LogP contribution in [-0.4, -0.2) is 0 Å². The zero-order valence-corrected chi connectivity index (χ0v) is 13.8. The lowest BCUT2D eigenvalue weighted by atomic mass is 9.77. The first-order valence-corrected chi connectivity index (χ1v) is 8.55. The molecule has 0 bridgehead atoms. The van der Waals surface area contributed by atoms with Gasteiger partial charge in [0.25, 0.3) is 0 Å². The first-order chi connectivity index (χ1) is 11.3. The predicted molar refractivity (Wildman–Crippen MR) is 95.6 cm³/mol. The molecule has 2 atom stereocenters. The minimum atomic E-state index is -0.351. The van der Waals surface area contributed by atoms with E-state index in [4.69, 9.17) is 4.74 Å². The third kappa shape index (κ3) is 2.04. The van der Waals surface area contributed by atoms with Crippen LogP contribution in [0.3, 0.4) is 0 Å². The summed E-state index contributed by atoms with van der Waals surface area (Å²) in [6.07, 6.45) is 2.07. The fraction of sp³-hybridized carbons (Fsp3) is 0.273. The van der Waals surface area contributed by atoms with Crippen molar-refractivity contribution in [2.24, 2.45) is 0 Å². The smallest absolute Gasteiger partial charge is 0.119 e. The maximum Gasteiger partial charge on any atom is 0.119 e. The van der Waals surface area contributed by atoms with Crippen LogP contribution in [-0.2, 0) is 10.3 Å². The summed E-state index contributed by atoms with van der Waals surface area (Å²) in [5.74, 6) is 0. The first kappa shape index (κ1) is 14.5. The van der Waals surface area contributed by atoms with Gasteiger partial charge in [0, 0.05) is 0 Å². The highest BCUT2D eigenvalue weighted by molar-refractivity contribution is 5.91. The summed E-state index contributed by atoms with van der Waals surface area (Å²) in [4.78, 5) is 0. The predicted octanol–water partition coefficient (Wildman–Crippen LogP) is 5.97. The van der Waals surface area contributed by atoms with E-state index in [1.54, 1.807) is 0 Å². The maximum atomic E-state index is 6.78. The van der Waals surface area contributed by atoms with Gasteiger partial charge in [-0.1, -0.05) is 80.6 Å². The van der Waals surface area contributed by atoms with Crippen molar-refractivity contribution >= 4 is 10.8 Å². The summed E-state index contributed by atoms with van der Waals surface area (Å²) >= 11 is 0. The van der Waals surface area contributed by atoms with Crippen LogP contribution >= 0.6 is 0 Å². The van der Waals surface area contributed by atoms with E-state index in [1.807, 2.05) is 0 Å². The van der Waals surface area contributed by atoms with E-state index in [9.17, 15) is 0 Å². The van der Waals surface area contributed by atoms with E-state index in [0.717, 1.165) is 12.8 Å². The van der Waals surface area contributed by atoms with E-state index < -0.39 is 0 Å². The molecule has 1 aliphatic heterocycles. The molecule has 116 valence electrons. The highest BCUT2D eigenvalue weighted by Gasteiger charge is 2.41. The molecule has 0 unspecified atom stereocenters. The second-order valence-electron chi connectivity index (χ2n) is 6.31. The van der Waals surface area contributed by atoms with Crippen molar-refractivity contribution in [1.29, 1.82) is 0 Å². The Morgan fingerprint density at radius 1 is 0.870 bits per heavy atom. The molecule has 0 fully saturated rings. The molecule has 23 heavy (non-hydrogen) atoms. The number of benzene rings is 3. The molecule has 0 spiro atoms. The van der Waals surface area contributed by atoms with Gasteiger partial charge in [0.05, 0.1) is 6.10 Å². The van der Waals surface area contributed by atoms with Gasteiger partial charge in [-0.15, -0.1) is 0 Å². The van der Waals surface area contributed by atoms with E-state index in [-0.39, 0.29) is 11.7 Å². The number of ether oxygens (including phenoxy) is 1. The van der Waals surface area contributed by atoms with E-state index in [2.05, 4.69) is 80.6 Å². The maximum absolute atomic E-state index is 6.78. The van der Waals surface area contributed by atoms with Crippen molar-refractivity contribution in [3.05, 3.63) is 83.4 Å². The first-order valence-electron chi connectivity index (χ1n) is 8.55. The average Bonchev–Trinajstić information content (AvgIpc) is 2.63. The Hall–Kier alpha value is -2.12. The SMILES string of the molecule is CC[C@H]1O[C@@](CC)(c2ccccc2)c2cccc3cccc1c23. The minimum absolute atomic E-state index is 0.147. The second kappa shape index (κ2) is 5.50. The molecular formula is C22H22O. The van der Waals surface area contributed by atoms with Gasteiger partial charge in [-0.25, -0.2) is 0 Å². The van der Waals surface area contributed by atoms with Gasteiger partial charge in [-0.05, 0) is 40.3 Å². The molecule has 0 radical (unpaired) electrons. The Morgan fingerprint density at radius 2 is 1.61 bits per heavy atom. The van der Waals surface area contributed by atoms with Gasteiger partial charge in [0.2, 0.25) is 0 Å². The quantitative estimate of drug-likeness (QED) is 0.578. The van der Waals surface area contributed by atoms with E-state index >= 15 is 0 Å². The molecule has 1 heteroatoms. The summed E-state index contributed by atoms with van der Waals surface area (Å²) in [6, 6.07) is 23.9. The standard InChI is InChI=1S/C22H22O/c1-3-20-18-14-8-10-16-11-9-15-19(21(16)18)22(4-2,23-20)17-12-6-5-7-13-17/h5-15,20H,3-4H2,1-2H3/t20-,22+/m1/s1. The van der Waals surface area contributed by atoms with Crippen molar-refractivity contribution < 1.29 is 4.74 Å². The molecular weight excluding hydrogens is 280 g/mol. The Kier molecular flexibility index (Phi) is 3.46. The average molecular weight is 302 g/mol. The number of rotatable bonds is 3. The van der Waals surface area contributed by atoms with Crippen LogP contribution in [0.2, 0.25) is 0 Å². The van der Waals surface area contributed by atoms with Gasteiger partial charge >= 0.3 is 0 Å². The van der Waals surface area contributed by atoms with Crippen molar-refractivity contribution in [1.82, 2.24) is 0 Å². The third-order valence-corrected chi connectivity index (χ3v) is 5.17. The van der Waals surface area contributed by atoms with Crippen molar-refractivity contribution in [3.8, 4) is 0 Å². The third-order valence-electron chi connectivity index (χ3n) is 5.17. The normalized spacial score (nSPS) is 23.1. The lowest BCUT2D eigenvalue weighted by molar-refractivity contribution is -0.0828. The zero-order chi connectivity index (χ0) is 15.9. The summed E-state index contributed by atoms with van der Waals surface area (Å²) in [5, 5.41) is 2.70. The largest absolute Gasteiger partial charge is 0.358 e. The van der Waals surface area contributed by atoms with Crippen LogP contribution in [0.25, 0.3) is 10.8 Å². The van der Waals surface area contributed by atoms with Crippen LogP contribution in [0.15, 0.2) is 66.7 Å². The van der Waals surface area contributed by atoms with E-state index in [0.29, 0.717) is 0 Å². The molecule has 0 saturated carbocycles. The Labute approximate surface area is 137 Å². The molecule has 0 aliphatic carbocycles. The molecule has 0 N–H and O–H groups in total. The Morgan fingerprint density at radius 3 is 2.30 bits per heavy atom. The number of hydrogen-bond donors (Lipinski definition) is 0. The van der Waals surface area contributed by atoms with Crippen LogP contribution in [0.1, 0.15) is 49.5 Å². The minimum Gasteiger partial charge on any atom is -0.358 e. The van der Waals surface area contributed by atoms with Gasteiger partial charge in [-0.2, -0.15) is 0 Å². The van der Waals surface area contributed by atoms with Crippen LogP contribution in [0, 0.1) is 0 Å². The van der Waals surface area contributed by atoms with Gasteiger partial charge < -0.3 is 4.74 Å². The summed E-state index contributed by atoms with van der Waals surface area (Å²) < 4.78 is 6.78. The summed E-state index contributed by atoms with van der Waals surface area (Å²) in [7, 11) is 0. The molecule has 1 nitrogen and oxygen atoms in total. The zero-order valence-electron chi connectivity index (χ0n) is 13.8. The van der Waals surface area contributed by atoms with E-state index in [1.165, 1.54) is 27.5 Å².